The molecular formula is C6H5ClN3+. The molecule has 2 aromatic rings. The van der Waals surface area contributed by atoms with E-state index in [4.69, 9.17) is 11.6 Å². The van der Waals surface area contributed by atoms with E-state index in [1.807, 2.05) is 12.3 Å². The Morgan fingerprint density at radius 3 is 3.40 bits per heavy atom. The number of H-pyrrole nitrogens is 2. The van der Waals surface area contributed by atoms with E-state index < -0.39 is 0 Å². The van der Waals surface area contributed by atoms with Crippen LogP contribution in [0.25, 0.3) is 11.2 Å². The zero-order valence-electron chi connectivity index (χ0n) is 5.06. The molecule has 0 amide bonds. The molecule has 0 aromatic carbocycles. The Kier molecular flexibility index (Phi) is 1.11. The third-order valence-electron chi connectivity index (χ3n) is 1.29. The number of hydrogen-bond donors (Lipinski definition) is 1. The highest BCUT2D eigenvalue weighted by molar-refractivity contribution is 6.29. The average Bonchev–Trinajstić information content (AvgIpc) is 2.33. The Labute approximate surface area is 62.1 Å². The molecule has 0 bridgehead atoms. The molecule has 0 unspecified atom stereocenters. The molecule has 2 aromatic heterocycles. The highest BCUT2D eigenvalue weighted by Gasteiger charge is 2.01. The maximum Gasteiger partial charge on any atom is 0.248 e. The van der Waals surface area contributed by atoms with Crippen molar-refractivity contribution in [1.29, 1.82) is 0 Å². The maximum atomic E-state index is 5.61. The van der Waals surface area contributed by atoms with Crippen LogP contribution in [0.2, 0.25) is 5.15 Å². The van der Waals surface area contributed by atoms with Gasteiger partial charge in [0, 0.05) is 12.3 Å². The molecule has 0 aliphatic carbocycles. The second-order valence-corrected chi connectivity index (χ2v) is 2.35. The van der Waals surface area contributed by atoms with Crippen molar-refractivity contribution in [3.05, 3.63) is 23.6 Å². The SMILES string of the molecule is Clc1c[nH+]c2cc[nH]c2n1. The van der Waals surface area contributed by atoms with Crippen LogP contribution in [0.4, 0.5) is 0 Å². The van der Waals surface area contributed by atoms with Gasteiger partial charge in [-0.1, -0.05) is 11.6 Å². The van der Waals surface area contributed by atoms with Crippen LogP contribution >= 0.6 is 11.6 Å². The van der Waals surface area contributed by atoms with Crippen LogP contribution in [0, 0.1) is 0 Å². The Hall–Kier alpha value is -1.09. The van der Waals surface area contributed by atoms with Crippen LogP contribution in [-0.4, -0.2) is 9.97 Å². The first-order valence-electron chi connectivity index (χ1n) is 2.87. The Balaban J connectivity index is 2.86. The highest BCUT2D eigenvalue weighted by atomic mass is 35.5. The molecule has 2 heterocycles. The van der Waals surface area contributed by atoms with Crippen LogP contribution in [0.5, 0.6) is 0 Å². The number of rotatable bonds is 0. The summed E-state index contributed by atoms with van der Waals surface area (Å²) in [5.74, 6) is 0. The van der Waals surface area contributed by atoms with E-state index in [2.05, 4.69) is 15.0 Å². The predicted octanol–water partition coefficient (Wildman–Crippen LogP) is 1.03. The number of aromatic nitrogens is 3. The minimum absolute atomic E-state index is 0.468. The fraction of sp³-hybridized carbons (Fsp3) is 0. The van der Waals surface area contributed by atoms with E-state index >= 15 is 0 Å². The lowest BCUT2D eigenvalue weighted by Gasteiger charge is -1.81. The summed E-state index contributed by atoms with van der Waals surface area (Å²) < 4.78 is 0. The summed E-state index contributed by atoms with van der Waals surface area (Å²) in [4.78, 5) is 9.92. The van der Waals surface area contributed by atoms with Gasteiger partial charge in [0.2, 0.25) is 17.4 Å². The molecule has 2 rings (SSSR count). The Bertz CT molecular complexity index is 355. The van der Waals surface area contributed by atoms with Gasteiger partial charge in [-0.15, -0.1) is 0 Å². The van der Waals surface area contributed by atoms with E-state index in [9.17, 15) is 0 Å². The summed E-state index contributed by atoms with van der Waals surface area (Å²) in [5.41, 5.74) is 1.75. The molecule has 0 saturated carbocycles. The number of halogens is 1. The molecule has 0 radical (unpaired) electrons. The van der Waals surface area contributed by atoms with Gasteiger partial charge < -0.3 is 4.98 Å². The van der Waals surface area contributed by atoms with E-state index in [1.54, 1.807) is 6.20 Å². The first-order chi connectivity index (χ1) is 4.86. The van der Waals surface area contributed by atoms with Crippen LogP contribution in [0.3, 0.4) is 0 Å². The lowest BCUT2D eigenvalue weighted by atomic mass is 10.5. The van der Waals surface area contributed by atoms with Crippen molar-refractivity contribution in [3.8, 4) is 0 Å². The molecule has 50 valence electrons. The largest absolute Gasteiger partial charge is 0.341 e. The molecule has 4 heteroatoms. The average molecular weight is 155 g/mol. The van der Waals surface area contributed by atoms with Gasteiger partial charge in [0.15, 0.2) is 5.15 Å². The number of fused-ring (bicyclic) bond motifs is 1. The first kappa shape index (κ1) is 5.68. The van der Waals surface area contributed by atoms with Crippen molar-refractivity contribution in [2.45, 2.75) is 0 Å². The molecule has 2 N–H and O–H groups in total. The number of aromatic amines is 2. The topological polar surface area (TPSA) is 42.8 Å². The minimum atomic E-state index is 0.468. The third kappa shape index (κ3) is 0.752. The van der Waals surface area contributed by atoms with Gasteiger partial charge in [0.1, 0.15) is 0 Å². The monoisotopic (exact) mass is 154 g/mol. The summed E-state index contributed by atoms with van der Waals surface area (Å²) >= 11 is 5.61. The molecule has 0 aliphatic rings. The summed E-state index contributed by atoms with van der Waals surface area (Å²) in [5, 5.41) is 0.468. The summed E-state index contributed by atoms with van der Waals surface area (Å²) in [6.07, 6.45) is 3.46. The minimum Gasteiger partial charge on any atom is -0.341 e. The van der Waals surface area contributed by atoms with Crippen molar-refractivity contribution in [2.24, 2.45) is 0 Å². The van der Waals surface area contributed by atoms with E-state index in [1.165, 1.54) is 0 Å². The normalized spacial score (nSPS) is 10.5. The van der Waals surface area contributed by atoms with Gasteiger partial charge in [0.05, 0.1) is 0 Å². The quantitative estimate of drug-likeness (QED) is 0.605. The lowest BCUT2D eigenvalue weighted by molar-refractivity contribution is -0.345. The van der Waals surface area contributed by atoms with Crippen molar-refractivity contribution in [2.75, 3.05) is 0 Å². The lowest BCUT2D eigenvalue weighted by Crippen LogP contribution is -2.01. The van der Waals surface area contributed by atoms with Crippen LogP contribution < -0.4 is 4.98 Å². The van der Waals surface area contributed by atoms with Crippen LogP contribution in [0.15, 0.2) is 18.5 Å². The maximum absolute atomic E-state index is 5.61. The Morgan fingerprint density at radius 2 is 2.50 bits per heavy atom. The molecule has 0 spiro atoms. The molecule has 0 fully saturated rings. The summed E-state index contributed by atoms with van der Waals surface area (Å²) in [7, 11) is 0. The second kappa shape index (κ2) is 1.95. The molecule has 0 aliphatic heterocycles. The highest BCUT2D eigenvalue weighted by Crippen LogP contribution is 2.05. The number of nitrogens with zero attached hydrogens (tertiary/aromatic N) is 1. The predicted molar refractivity (Wildman–Crippen MR) is 37.7 cm³/mol. The first-order valence-corrected chi connectivity index (χ1v) is 3.25. The molecule has 0 saturated heterocycles. The zero-order chi connectivity index (χ0) is 6.97. The third-order valence-corrected chi connectivity index (χ3v) is 1.48. The van der Waals surface area contributed by atoms with E-state index in [-0.39, 0.29) is 0 Å². The van der Waals surface area contributed by atoms with Crippen molar-refractivity contribution < 1.29 is 4.98 Å². The van der Waals surface area contributed by atoms with Crippen molar-refractivity contribution >= 4 is 22.8 Å². The fourth-order valence-corrected chi connectivity index (χ4v) is 0.985. The fourth-order valence-electron chi connectivity index (χ4n) is 0.846. The summed E-state index contributed by atoms with van der Waals surface area (Å²) in [6, 6.07) is 1.90. The summed E-state index contributed by atoms with van der Waals surface area (Å²) in [6.45, 7) is 0. The van der Waals surface area contributed by atoms with E-state index in [0.29, 0.717) is 5.15 Å². The standard InChI is InChI=1S/C6H4ClN3/c7-5-3-9-4-1-2-8-6(4)10-5/h1-3H,(H,8,10)/p+1. The molecule has 10 heavy (non-hydrogen) atoms. The number of nitrogens with one attached hydrogen (secondary N) is 2. The smallest absolute Gasteiger partial charge is 0.248 e. The number of hydrogen-bond acceptors (Lipinski definition) is 1. The zero-order valence-corrected chi connectivity index (χ0v) is 5.81. The van der Waals surface area contributed by atoms with Gasteiger partial charge in [-0.2, -0.15) is 0 Å². The molecule has 0 atom stereocenters. The van der Waals surface area contributed by atoms with Gasteiger partial charge >= 0.3 is 0 Å². The van der Waals surface area contributed by atoms with Crippen LogP contribution in [0.1, 0.15) is 0 Å². The second-order valence-electron chi connectivity index (χ2n) is 1.96. The van der Waals surface area contributed by atoms with Gasteiger partial charge in [0.25, 0.3) is 0 Å². The van der Waals surface area contributed by atoms with Crippen molar-refractivity contribution in [1.82, 2.24) is 9.97 Å². The van der Waals surface area contributed by atoms with Crippen molar-refractivity contribution in [3.63, 3.8) is 0 Å². The van der Waals surface area contributed by atoms with Gasteiger partial charge in [-0.05, 0) is 0 Å². The van der Waals surface area contributed by atoms with Crippen LogP contribution in [-0.2, 0) is 0 Å². The molecule has 3 nitrogen and oxygen atoms in total. The Morgan fingerprint density at radius 1 is 1.60 bits per heavy atom. The van der Waals surface area contributed by atoms with Gasteiger partial charge in [-0.25, -0.2) is 9.97 Å². The van der Waals surface area contributed by atoms with E-state index in [0.717, 1.165) is 11.2 Å². The molecular weight excluding hydrogens is 150 g/mol. The van der Waals surface area contributed by atoms with Gasteiger partial charge in [-0.3, -0.25) is 0 Å².